The van der Waals surface area contributed by atoms with Crippen LogP contribution in [0.25, 0.3) is 0 Å². The summed E-state index contributed by atoms with van der Waals surface area (Å²) in [6, 6.07) is 16.1. The van der Waals surface area contributed by atoms with E-state index in [-0.39, 0.29) is 17.4 Å². The molecule has 0 bridgehead atoms. The van der Waals surface area contributed by atoms with E-state index in [0.717, 1.165) is 5.56 Å². The lowest BCUT2D eigenvalue weighted by Gasteiger charge is -2.20. The SMILES string of the molecule is C[C@H](OC(=O)c1cccc(NC(=O)OC(C)(C)C)c1)C(=O)NC[C@H](C)c1ccccc1. The van der Waals surface area contributed by atoms with E-state index >= 15 is 0 Å². The molecule has 2 amide bonds. The van der Waals surface area contributed by atoms with E-state index in [2.05, 4.69) is 10.6 Å². The van der Waals surface area contributed by atoms with Crippen molar-refractivity contribution in [2.45, 2.75) is 52.2 Å². The van der Waals surface area contributed by atoms with Crippen molar-refractivity contribution in [3.63, 3.8) is 0 Å². The second-order valence-corrected chi connectivity index (χ2v) is 8.31. The highest BCUT2D eigenvalue weighted by molar-refractivity contribution is 5.94. The summed E-state index contributed by atoms with van der Waals surface area (Å²) >= 11 is 0. The molecule has 0 aliphatic rings. The van der Waals surface area contributed by atoms with Crippen LogP contribution in [0.5, 0.6) is 0 Å². The Morgan fingerprint density at radius 2 is 1.65 bits per heavy atom. The summed E-state index contributed by atoms with van der Waals surface area (Å²) in [5, 5.41) is 5.38. The molecule has 0 aromatic heterocycles. The van der Waals surface area contributed by atoms with Gasteiger partial charge in [0.05, 0.1) is 5.56 Å². The number of amides is 2. The molecule has 0 fully saturated rings. The van der Waals surface area contributed by atoms with Gasteiger partial charge in [-0.1, -0.05) is 43.3 Å². The Morgan fingerprint density at radius 1 is 0.968 bits per heavy atom. The number of hydrogen-bond acceptors (Lipinski definition) is 5. The maximum atomic E-state index is 12.4. The molecule has 2 aromatic carbocycles. The van der Waals surface area contributed by atoms with Crippen LogP contribution in [0.4, 0.5) is 10.5 Å². The molecule has 2 aromatic rings. The molecular weight excluding hydrogens is 396 g/mol. The zero-order chi connectivity index (χ0) is 23.0. The second-order valence-electron chi connectivity index (χ2n) is 8.31. The zero-order valence-corrected chi connectivity index (χ0v) is 18.6. The predicted molar refractivity (Wildman–Crippen MR) is 119 cm³/mol. The first-order valence-corrected chi connectivity index (χ1v) is 10.2. The van der Waals surface area contributed by atoms with Crippen molar-refractivity contribution in [2.75, 3.05) is 11.9 Å². The molecule has 2 N–H and O–H groups in total. The number of carbonyl (C=O) groups is 3. The fraction of sp³-hybridized carbons (Fsp3) is 0.375. The van der Waals surface area contributed by atoms with Gasteiger partial charge >= 0.3 is 12.1 Å². The monoisotopic (exact) mass is 426 g/mol. The number of esters is 1. The fourth-order valence-electron chi connectivity index (χ4n) is 2.72. The van der Waals surface area contributed by atoms with Crippen molar-refractivity contribution in [3.8, 4) is 0 Å². The van der Waals surface area contributed by atoms with E-state index in [9.17, 15) is 14.4 Å². The number of hydrogen-bond donors (Lipinski definition) is 2. The fourth-order valence-corrected chi connectivity index (χ4v) is 2.72. The highest BCUT2D eigenvalue weighted by Gasteiger charge is 2.20. The molecule has 2 rings (SSSR count). The molecule has 0 aliphatic heterocycles. The Bertz CT molecular complexity index is 906. The van der Waals surface area contributed by atoms with Crippen molar-refractivity contribution >= 4 is 23.7 Å². The number of rotatable bonds is 7. The predicted octanol–water partition coefficient (Wildman–Crippen LogP) is 4.50. The first-order chi connectivity index (χ1) is 14.5. The molecule has 0 heterocycles. The van der Waals surface area contributed by atoms with Crippen molar-refractivity contribution in [1.82, 2.24) is 5.32 Å². The third-order valence-electron chi connectivity index (χ3n) is 4.35. The minimum Gasteiger partial charge on any atom is -0.449 e. The zero-order valence-electron chi connectivity index (χ0n) is 18.6. The van der Waals surface area contributed by atoms with Gasteiger partial charge in [0.1, 0.15) is 5.60 Å². The molecule has 7 nitrogen and oxygen atoms in total. The third-order valence-corrected chi connectivity index (χ3v) is 4.35. The second kappa shape index (κ2) is 10.6. The summed E-state index contributed by atoms with van der Waals surface area (Å²) in [5.74, 6) is -0.908. The quantitative estimate of drug-likeness (QED) is 0.636. The molecule has 2 atom stereocenters. The largest absolute Gasteiger partial charge is 0.449 e. The first kappa shape index (κ1) is 23.9. The molecule has 0 saturated heterocycles. The summed E-state index contributed by atoms with van der Waals surface area (Å²) in [6.07, 6.45) is -1.59. The molecular formula is C24H30N2O5. The van der Waals surface area contributed by atoms with Crippen molar-refractivity contribution in [1.29, 1.82) is 0 Å². The third kappa shape index (κ3) is 8.12. The summed E-state index contributed by atoms with van der Waals surface area (Å²) in [5.41, 5.74) is 1.08. The van der Waals surface area contributed by atoms with Crippen LogP contribution in [0.3, 0.4) is 0 Å². The van der Waals surface area contributed by atoms with Crippen LogP contribution < -0.4 is 10.6 Å². The van der Waals surface area contributed by atoms with E-state index in [1.807, 2.05) is 37.3 Å². The van der Waals surface area contributed by atoms with Crippen LogP contribution in [0.1, 0.15) is 56.5 Å². The maximum absolute atomic E-state index is 12.4. The molecule has 31 heavy (non-hydrogen) atoms. The van der Waals surface area contributed by atoms with E-state index in [1.54, 1.807) is 39.0 Å². The minimum absolute atomic E-state index is 0.128. The average Bonchev–Trinajstić information content (AvgIpc) is 2.71. The smallest absolute Gasteiger partial charge is 0.412 e. The Balaban J connectivity index is 1.89. The molecule has 0 aliphatic carbocycles. The highest BCUT2D eigenvalue weighted by atomic mass is 16.6. The summed E-state index contributed by atoms with van der Waals surface area (Å²) in [4.78, 5) is 36.7. The lowest BCUT2D eigenvalue weighted by Crippen LogP contribution is -2.37. The van der Waals surface area contributed by atoms with Crippen molar-refractivity contribution < 1.29 is 23.9 Å². The van der Waals surface area contributed by atoms with Crippen LogP contribution in [0, 0.1) is 0 Å². The normalized spacial score (nSPS) is 12.9. The first-order valence-electron chi connectivity index (χ1n) is 10.2. The standard InChI is InChI=1S/C24H30N2O5/c1-16(18-10-7-6-8-11-18)15-25-21(27)17(2)30-22(28)19-12-9-13-20(14-19)26-23(29)31-24(3,4)5/h6-14,16-17H,15H2,1-5H3,(H,25,27)(H,26,29)/t16-,17-/m0/s1. The van der Waals surface area contributed by atoms with Gasteiger partial charge in [0.15, 0.2) is 6.10 Å². The Labute approximate surface area is 183 Å². The van der Waals surface area contributed by atoms with E-state index in [4.69, 9.17) is 9.47 Å². The van der Waals surface area contributed by atoms with Gasteiger partial charge in [-0.15, -0.1) is 0 Å². The van der Waals surface area contributed by atoms with Crippen LogP contribution in [0.15, 0.2) is 54.6 Å². The Kier molecular flexibility index (Phi) is 8.19. The molecule has 166 valence electrons. The molecule has 0 spiro atoms. The maximum Gasteiger partial charge on any atom is 0.412 e. The summed E-state index contributed by atoms with van der Waals surface area (Å²) in [6.45, 7) is 9.23. The Morgan fingerprint density at radius 3 is 2.29 bits per heavy atom. The van der Waals surface area contributed by atoms with Gasteiger partial charge in [-0.25, -0.2) is 9.59 Å². The van der Waals surface area contributed by atoms with Gasteiger partial charge in [-0.2, -0.15) is 0 Å². The molecule has 0 radical (unpaired) electrons. The van der Waals surface area contributed by atoms with E-state index in [0.29, 0.717) is 12.2 Å². The minimum atomic E-state index is -0.960. The van der Waals surface area contributed by atoms with Gasteiger partial charge in [0.25, 0.3) is 5.91 Å². The summed E-state index contributed by atoms with van der Waals surface area (Å²) in [7, 11) is 0. The van der Waals surface area contributed by atoms with Crippen molar-refractivity contribution in [3.05, 3.63) is 65.7 Å². The van der Waals surface area contributed by atoms with Crippen LogP contribution >= 0.6 is 0 Å². The van der Waals surface area contributed by atoms with Crippen LogP contribution in [-0.2, 0) is 14.3 Å². The number of nitrogens with one attached hydrogen (secondary N) is 2. The number of carbonyl (C=O) groups excluding carboxylic acids is 3. The number of ether oxygens (including phenoxy) is 2. The average molecular weight is 427 g/mol. The van der Waals surface area contributed by atoms with Gasteiger partial charge in [-0.3, -0.25) is 10.1 Å². The number of anilines is 1. The number of benzene rings is 2. The van der Waals surface area contributed by atoms with Crippen LogP contribution in [0.2, 0.25) is 0 Å². The van der Waals surface area contributed by atoms with Gasteiger partial charge in [0.2, 0.25) is 0 Å². The van der Waals surface area contributed by atoms with Gasteiger partial charge in [-0.05, 0) is 57.4 Å². The molecule has 7 heteroatoms. The molecule has 0 saturated carbocycles. The summed E-state index contributed by atoms with van der Waals surface area (Å²) < 4.78 is 10.5. The van der Waals surface area contributed by atoms with E-state index < -0.39 is 23.8 Å². The lowest BCUT2D eigenvalue weighted by atomic mass is 10.0. The van der Waals surface area contributed by atoms with Crippen LogP contribution in [-0.4, -0.2) is 36.2 Å². The topological polar surface area (TPSA) is 93.7 Å². The van der Waals surface area contributed by atoms with Crippen molar-refractivity contribution in [2.24, 2.45) is 0 Å². The van der Waals surface area contributed by atoms with Gasteiger partial charge < -0.3 is 14.8 Å². The lowest BCUT2D eigenvalue weighted by molar-refractivity contribution is -0.129. The van der Waals surface area contributed by atoms with Gasteiger partial charge in [0, 0.05) is 12.2 Å². The highest BCUT2D eigenvalue weighted by Crippen LogP contribution is 2.16. The van der Waals surface area contributed by atoms with E-state index in [1.165, 1.54) is 13.0 Å². The molecule has 0 unspecified atom stereocenters. The Hall–Kier alpha value is -3.35.